The van der Waals surface area contributed by atoms with Crippen LogP contribution in [0, 0.1) is 0 Å². The van der Waals surface area contributed by atoms with Gasteiger partial charge in [0.25, 0.3) is 0 Å². The number of hydrogen-bond acceptors (Lipinski definition) is 4. The van der Waals surface area contributed by atoms with E-state index in [4.69, 9.17) is 9.98 Å². The predicted molar refractivity (Wildman–Crippen MR) is 174 cm³/mol. The van der Waals surface area contributed by atoms with Crippen LogP contribution >= 0.6 is 0 Å². The van der Waals surface area contributed by atoms with Gasteiger partial charge in [0.05, 0.1) is 0 Å². The predicted octanol–water partition coefficient (Wildman–Crippen LogP) is 8.70. The van der Waals surface area contributed by atoms with Gasteiger partial charge in [-0.25, -0.2) is 9.98 Å². The summed E-state index contributed by atoms with van der Waals surface area (Å²) in [4.78, 5) is 14.5. The molecule has 0 radical (unpaired) electrons. The Morgan fingerprint density at radius 1 is 0.524 bits per heavy atom. The summed E-state index contributed by atoms with van der Waals surface area (Å²) in [6.45, 7) is 0. The van der Waals surface area contributed by atoms with Crippen molar-refractivity contribution in [1.82, 2.24) is 10.3 Å². The standard InChI is InChI=1S/C38H26N4/c1-3-8-30-22-32(18-12-25(30)6-1)37-40-36(41-38(42-37)33-19-13-26-7-2-4-9-31(26)23-33)29-16-14-28(15-17-29)34-11-5-10-27-20-21-39-24-35(27)34/h1-24,37H,(H,40,41,42). The Hall–Kier alpha value is -5.61. The highest BCUT2D eigenvalue weighted by atomic mass is 15.2. The maximum atomic E-state index is 5.12. The number of nitrogens with one attached hydrogen (secondary N) is 1. The Bertz CT molecular complexity index is 2170. The first-order valence-electron chi connectivity index (χ1n) is 14.1. The molecule has 1 unspecified atom stereocenters. The molecule has 1 aromatic heterocycles. The molecule has 1 N–H and O–H groups in total. The van der Waals surface area contributed by atoms with Crippen molar-refractivity contribution in [2.45, 2.75) is 6.17 Å². The van der Waals surface area contributed by atoms with Crippen LogP contribution in [0.15, 0.2) is 156 Å². The fraction of sp³-hybridized carbons (Fsp3) is 0.0263. The van der Waals surface area contributed by atoms with Gasteiger partial charge < -0.3 is 5.32 Å². The Labute approximate surface area is 243 Å². The zero-order chi connectivity index (χ0) is 27.9. The molecule has 42 heavy (non-hydrogen) atoms. The molecule has 1 aliphatic rings. The van der Waals surface area contributed by atoms with Crippen LogP contribution in [0.2, 0.25) is 0 Å². The van der Waals surface area contributed by atoms with Gasteiger partial charge in [0.1, 0.15) is 12.0 Å². The smallest absolute Gasteiger partial charge is 0.159 e. The SMILES string of the molecule is c1ccc2cc(C3=NC(c4ccc5ccccc5c4)NC(c4ccc(-c5cccc6ccncc56)cc4)=N3)ccc2c1. The van der Waals surface area contributed by atoms with Crippen LogP contribution < -0.4 is 5.32 Å². The molecular weight excluding hydrogens is 512 g/mol. The summed E-state index contributed by atoms with van der Waals surface area (Å²) in [5, 5.41) is 10.7. The third kappa shape index (κ3) is 4.40. The summed E-state index contributed by atoms with van der Waals surface area (Å²) in [6, 6.07) is 46.8. The summed E-state index contributed by atoms with van der Waals surface area (Å²) in [6.07, 6.45) is 3.50. The summed E-state index contributed by atoms with van der Waals surface area (Å²) >= 11 is 0. The number of amidine groups is 2. The molecule has 1 atom stereocenters. The number of benzene rings is 6. The topological polar surface area (TPSA) is 49.6 Å². The lowest BCUT2D eigenvalue weighted by Gasteiger charge is -2.24. The second kappa shape index (κ2) is 10.1. The van der Waals surface area contributed by atoms with Gasteiger partial charge in [-0.05, 0) is 61.8 Å². The monoisotopic (exact) mass is 538 g/mol. The average molecular weight is 539 g/mol. The van der Waals surface area contributed by atoms with Crippen LogP contribution in [0.3, 0.4) is 0 Å². The Morgan fingerprint density at radius 3 is 2.00 bits per heavy atom. The van der Waals surface area contributed by atoms with Gasteiger partial charge in [-0.1, -0.05) is 115 Å². The number of rotatable bonds is 4. The highest BCUT2D eigenvalue weighted by molar-refractivity contribution is 6.14. The fourth-order valence-electron chi connectivity index (χ4n) is 5.77. The first-order chi connectivity index (χ1) is 20.8. The molecule has 1 aliphatic heterocycles. The Morgan fingerprint density at radius 2 is 1.19 bits per heavy atom. The van der Waals surface area contributed by atoms with E-state index in [1.807, 2.05) is 12.4 Å². The fourth-order valence-corrected chi connectivity index (χ4v) is 5.77. The Balaban J connectivity index is 1.21. The molecule has 0 spiro atoms. The highest BCUT2D eigenvalue weighted by Crippen LogP contribution is 2.30. The molecular formula is C38H26N4. The number of aliphatic imine (C=N–C) groups is 2. The molecule has 7 aromatic rings. The van der Waals surface area contributed by atoms with Crippen LogP contribution in [0.5, 0.6) is 0 Å². The molecule has 6 aromatic carbocycles. The summed E-state index contributed by atoms with van der Waals surface area (Å²) in [5.74, 6) is 1.52. The van der Waals surface area contributed by atoms with Crippen LogP contribution in [0.25, 0.3) is 43.4 Å². The van der Waals surface area contributed by atoms with Gasteiger partial charge in [0, 0.05) is 28.9 Å². The van der Waals surface area contributed by atoms with E-state index in [0.717, 1.165) is 44.9 Å². The van der Waals surface area contributed by atoms with Gasteiger partial charge in [-0.2, -0.15) is 0 Å². The molecule has 0 saturated carbocycles. The quantitative estimate of drug-likeness (QED) is 0.244. The van der Waals surface area contributed by atoms with E-state index in [1.54, 1.807) is 0 Å². The van der Waals surface area contributed by atoms with Crippen molar-refractivity contribution in [2.24, 2.45) is 9.98 Å². The number of hydrogen-bond donors (Lipinski definition) is 1. The van der Waals surface area contributed by atoms with Crippen molar-refractivity contribution in [3.63, 3.8) is 0 Å². The minimum Gasteiger partial charge on any atom is -0.344 e. The minimum absolute atomic E-state index is 0.271. The van der Waals surface area contributed by atoms with Crippen molar-refractivity contribution in [1.29, 1.82) is 0 Å². The first-order valence-corrected chi connectivity index (χ1v) is 14.1. The van der Waals surface area contributed by atoms with Crippen LogP contribution in [0.1, 0.15) is 22.9 Å². The molecule has 0 saturated heterocycles. The van der Waals surface area contributed by atoms with Gasteiger partial charge >= 0.3 is 0 Å². The van der Waals surface area contributed by atoms with Gasteiger partial charge in [0.2, 0.25) is 0 Å². The number of pyridine rings is 1. The van der Waals surface area contributed by atoms with Crippen molar-refractivity contribution in [3.8, 4) is 11.1 Å². The van der Waals surface area contributed by atoms with Crippen LogP contribution in [-0.4, -0.2) is 16.7 Å². The second-order valence-electron chi connectivity index (χ2n) is 10.6. The molecule has 0 amide bonds. The molecule has 8 rings (SSSR count). The molecule has 2 heterocycles. The zero-order valence-corrected chi connectivity index (χ0v) is 22.8. The first kappa shape index (κ1) is 24.2. The van der Waals surface area contributed by atoms with E-state index < -0.39 is 0 Å². The molecule has 4 heteroatoms. The average Bonchev–Trinajstić information content (AvgIpc) is 3.07. The van der Waals surface area contributed by atoms with Crippen molar-refractivity contribution in [2.75, 3.05) is 0 Å². The van der Waals surface area contributed by atoms with Crippen molar-refractivity contribution < 1.29 is 0 Å². The lowest BCUT2D eigenvalue weighted by Crippen LogP contribution is -2.33. The second-order valence-corrected chi connectivity index (χ2v) is 10.6. The molecule has 4 nitrogen and oxygen atoms in total. The van der Waals surface area contributed by atoms with E-state index in [9.17, 15) is 0 Å². The highest BCUT2D eigenvalue weighted by Gasteiger charge is 2.21. The van der Waals surface area contributed by atoms with E-state index in [0.29, 0.717) is 0 Å². The third-order valence-electron chi connectivity index (χ3n) is 7.99. The molecule has 198 valence electrons. The normalized spacial score (nSPS) is 14.9. The van der Waals surface area contributed by atoms with Crippen LogP contribution in [-0.2, 0) is 0 Å². The van der Waals surface area contributed by atoms with Crippen molar-refractivity contribution in [3.05, 3.63) is 163 Å². The minimum atomic E-state index is -0.271. The molecule has 0 fully saturated rings. The van der Waals surface area contributed by atoms with E-state index in [2.05, 4.69) is 144 Å². The molecule has 0 bridgehead atoms. The number of nitrogens with zero attached hydrogens (tertiary/aromatic N) is 3. The number of aromatic nitrogens is 1. The van der Waals surface area contributed by atoms with Gasteiger partial charge in [-0.3, -0.25) is 4.98 Å². The summed E-state index contributed by atoms with van der Waals surface area (Å²) in [7, 11) is 0. The molecule has 0 aliphatic carbocycles. The van der Waals surface area contributed by atoms with E-state index in [1.165, 1.54) is 26.9 Å². The van der Waals surface area contributed by atoms with Crippen LogP contribution in [0.4, 0.5) is 0 Å². The van der Waals surface area contributed by atoms with E-state index in [-0.39, 0.29) is 6.17 Å². The Kier molecular flexibility index (Phi) is 5.82. The maximum absolute atomic E-state index is 5.12. The third-order valence-corrected chi connectivity index (χ3v) is 7.99. The lowest BCUT2D eigenvalue weighted by molar-refractivity contribution is 0.675. The van der Waals surface area contributed by atoms with Crippen molar-refractivity contribution >= 4 is 44.0 Å². The van der Waals surface area contributed by atoms with Gasteiger partial charge in [0.15, 0.2) is 5.84 Å². The summed E-state index contributed by atoms with van der Waals surface area (Å²) < 4.78 is 0. The maximum Gasteiger partial charge on any atom is 0.159 e. The zero-order valence-electron chi connectivity index (χ0n) is 22.8. The number of fused-ring (bicyclic) bond motifs is 3. The van der Waals surface area contributed by atoms with E-state index >= 15 is 0 Å². The lowest BCUT2D eigenvalue weighted by atomic mass is 9.98. The van der Waals surface area contributed by atoms with Gasteiger partial charge in [-0.15, -0.1) is 0 Å². The largest absolute Gasteiger partial charge is 0.344 e. The summed E-state index contributed by atoms with van der Waals surface area (Å²) in [5.41, 5.74) is 5.41.